The zero-order valence-corrected chi connectivity index (χ0v) is 19.5. The van der Waals surface area contributed by atoms with Gasteiger partial charge in [-0.25, -0.2) is 9.59 Å². The average Bonchev–Trinajstić information content (AvgIpc) is 2.81. The summed E-state index contributed by atoms with van der Waals surface area (Å²) in [6, 6.07) is 12.9. The minimum Gasteiger partial charge on any atom is -0.493 e. The number of nitrogens with zero attached hydrogens (tertiary/aromatic N) is 2. The summed E-state index contributed by atoms with van der Waals surface area (Å²) in [5.74, 6) is -1.58. The van der Waals surface area contributed by atoms with Crippen LogP contribution in [0.5, 0.6) is 17.2 Å². The molecule has 2 N–H and O–H groups in total. The molecule has 2 aromatic carbocycles. The Morgan fingerprint density at radius 3 is 1.55 bits per heavy atom. The number of benzene rings is 2. The first-order valence-corrected chi connectivity index (χ1v) is 10.5. The number of carboxylic acids is 2. The fourth-order valence-corrected chi connectivity index (χ4v) is 3.54. The van der Waals surface area contributed by atoms with E-state index in [2.05, 4.69) is 41.0 Å². The number of carboxylic acid groups (broad SMARTS) is 2. The van der Waals surface area contributed by atoms with Crippen LogP contribution in [0, 0.1) is 6.92 Å². The molecule has 0 aromatic heterocycles. The van der Waals surface area contributed by atoms with Crippen LogP contribution in [0.2, 0.25) is 0 Å². The number of methoxy groups -OCH3 is 3. The van der Waals surface area contributed by atoms with E-state index >= 15 is 0 Å². The zero-order valence-electron chi connectivity index (χ0n) is 19.5. The second kappa shape index (κ2) is 12.7. The van der Waals surface area contributed by atoms with Crippen LogP contribution in [0.25, 0.3) is 0 Å². The van der Waals surface area contributed by atoms with Gasteiger partial charge in [0.25, 0.3) is 0 Å². The standard InChI is InChI=1S/C22H30N2O3.C2H2O4/c1-17-5-7-18(8-6-17)15-23-9-11-24(12-10-23)16-19-13-20(25-2)22(27-4)21(14-19)26-3;3-1(4)2(5)6/h5-8,13-14H,9-12,15-16H2,1-4H3;(H,3,4)(H,5,6). The number of rotatable bonds is 7. The number of carbonyl (C=O) groups is 2. The summed E-state index contributed by atoms with van der Waals surface area (Å²) < 4.78 is 16.3. The van der Waals surface area contributed by atoms with Crippen molar-refractivity contribution in [3.63, 3.8) is 0 Å². The van der Waals surface area contributed by atoms with Crippen molar-refractivity contribution in [2.24, 2.45) is 0 Å². The molecule has 0 bridgehead atoms. The first-order valence-electron chi connectivity index (χ1n) is 10.5. The fraction of sp³-hybridized carbons (Fsp3) is 0.417. The molecule has 1 heterocycles. The maximum atomic E-state index is 9.10. The Morgan fingerprint density at radius 2 is 1.18 bits per heavy atom. The Hall–Kier alpha value is -3.30. The second-order valence-electron chi connectivity index (χ2n) is 7.68. The monoisotopic (exact) mass is 460 g/mol. The number of piperazine rings is 1. The van der Waals surface area contributed by atoms with Gasteiger partial charge in [0.1, 0.15) is 0 Å². The molecule has 1 aliphatic rings. The molecular formula is C24H32N2O7. The molecule has 9 heteroatoms. The van der Waals surface area contributed by atoms with Gasteiger partial charge in [0.15, 0.2) is 11.5 Å². The van der Waals surface area contributed by atoms with E-state index in [4.69, 9.17) is 34.0 Å². The molecule has 1 fully saturated rings. The summed E-state index contributed by atoms with van der Waals surface area (Å²) >= 11 is 0. The number of hydrogen-bond donors (Lipinski definition) is 2. The van der Waals surface area contributed by atoms with Gasteiger partial charge in [0.05, 0.1) is 21.3 Å². The first kappa shape index (κ1) is 26.0. The molecule has 9 nitrogen and oxygen atoms in total. The third-order valence-corrected chi connectivity index (χ3v) is 5.31. The zero-order chi connectivity index (χ0) is 24.4. The van der Waals surface area contributed by atoms with Crippen LogP contribution in [0.3, 0.4) is 0 Å². The van der Waals surface area contributed by atoms with Crippen LogP contribution < -0.4 is 14.2 Å². The van der Waals surface area contributed by atoms with Crippen molar-refractivity contribution < 1.29 is 34.0 Å². The molecule has 180 valence electrons. The third-order valence-electron chi connectivity index (χ3n) is 5.31. The minimum absolute atomic E-state index is 0.645. The van der Waals surface area contributed by atoms with Gasteiger partial charge >= 0.3 is 11.9 Å². The largest absolute Gasteiger partial charge is 0.493 e. The van der Waals surface area contributed by atoms with E-state index in [1.54, 1.807) is 21.3 Å². The lowest BCUT2D eigenvalue weighted by Gasteiger charge is -2.35. The highest BCUT2D eigenvalue weighted by atomic mass is 16.5. The Balaban J connectivity index is 0.000000569. The van der Waals surface area contributed by atoms with E-state index in [1.807, 2.05) is 12.1 Å². The quantitative estimate of drug-likeness (QED) is 0.602. The summed E-state index contributed by atoms with van der Waals surface area (Å²) in [6.07, 6.45) is 0. The molecular weight excluding hydrogens is 428 g/mol. The molecule has 1 aliphatic heterocycles. The molecule has 0 spiro atoms. The molecule has 1 saturated heterocycles. The molecule has 0 saturated carbocycles. The van der Waals surface area contributed by atoms with Crippen molar-refractivity contribution >= 4 is 11.9 Å². The summed E-state index contributed by atoms with van der Waals surface area (Å²) in [6.45, 7) is 8.32. The molecule has 3 rings (SSSR count). The number of ether oxygens (including phenoxy) is 3. The molecule has 2 aromatic rings. The maximum absolute atomic E-state index is 9.10. The van der Waals surface area contributed by atoms with Crippen molar-refractivity contribution in [3.8, 4) is 17.2 Å². The lowest BCUT2D eigenvalue weighted by atomic mass is 10.1. The van der Waals surface area contributed by atoms with Gasteiger partial charge in [0.2, 0.25) is 5.75 Å². The second-order valence-corrected chi connectivity index (χ2v) is 7.68. The Kier molecular flexibility index (Phi) is 9.96. The van der Waals surface area contributed by atoms with Crippen LogP contribution in [0.1, 0.15) is 16.7 Å². The van der Waals surface area contributed by atoms with Crippen molar-refractivity contribution in [1.29, 1.82) is 0 Å². The molecule has 0 radical (unpaired) electrons. The van der Waals surface area contributed by atoms with Crippen molar-refractivity contribution in [2.45, 2.75) is 20.0 Å². The summed E-state index contributed by atoms with van der Waals surface area (Å²) in [7, 11) is 4.95. The SMILES string of the molecule is COc1cc(CN2CCN(Cc3ccc(C)cc3)CC2)cc(OC)c1OC.O=C(O)C(=O)O. The number of aryl methyl sites for hydroxylation is 1. The topological polar surface area (TPSA) is 109 Å². The van der Waals surface area contributed by atoms with Crippen molar-refractivity contribution in [1.82, 2.24) is 9.80 Å². The van der Waals surface area contributed by atoms with Gasteiger partial charge in [-0.2, -0.15) is 0 Å². The molecule has 33 heavy (non-hydrogen) atoms. The number of hydrogen-bond acceptors (Lipinski definition) is 7. The molecule has 0 unspecified atom stereocenters. The van der Waals surface area contributed by atoms with E-state index in [0.29, 0.717) is 17.2 Å². The Morgan fingerprint density at radius 1 is 0.758 bits per heavy atom. The van der Waals surface area contributed by atoms with E-state index in [9.17, 15) is 0 Å². The highest BCUT2D eigenvalue weighted by Gasteiger charge is 2.19. The summed E-state index contributed by atoms with van der Waals surface area (Å²) in [4.78, 5) is 23.2. The van der Waals surface area contributed by atoms with E-state index in [-0.39, 0.29) is 0 Å². The third kappa shape index (κ3) is 7.96. The smallest absolute Gasteiger partial charge is 0.414 e. The summed E-state index contributed by atoms with van der Waals surface area (Å²) in [5.41, 5.74) is 3.88. The normalized spacial score (nSPS) is 14.1. The average molecular weight is 461 g/mol. The van der Waals surface area contributed by atoms with Gasteiger partial charge in [-0.15, -0.1) is 0 Å². The first-order chi connectivity index (χ1) is 15.8. The van der Waals surface area contributed by atoms with Crippen LogP contribution >= 0.6 is 0 Å². The lowest BCUT2D eigenvalue weighted by molar-refractivity contribution is -0.159. The van der Waals surface area contributed by atoms with Crippen molar-refractivity contribution in [2.75, 3.05) is 47.5 Å². The predicted octanol–water partition coefficient (Wildman–Crippen LogP) is 2.49. The van der Waals surface area contributed by atoms with Gasteiger partial charge in [-0.3, -0.25) is 9.80 Å². The predicted molar refractivity (Wildman–Crippen MR) is 123 cm³/mol. The minimum atomic E-state index is -1.82. The van der Waals surface area contributed by atoms with E-state index in [1.165, 1.54) is 16.7 Å². The number of aliphatic carboxylic acids is 2. The Bertz CT molecular complexity index is 886. The van der Waals surface area contributed by atoms with Crippen LogP contribution in [-0.4, -0.2) is 79.5 Å². The summed E-state index contributed by atoms with van der Waals surface area (Å²) in [5, 5.41) is 14.8. The van der Waals surface area contributed by atoms with E-state index < -0.39 is 11.9 Å². The van der Waals surface area contributed by atoms with Gasteiger partial charge in [-0.1, -0.05) is 29.8 Å². The van der Waals surface area contributed by atoms with Gasteiger partial charge in [-0.05, 0) is 30.2 Å². The molecule has 0 aliphatic carbocycles. The maximum Gasteiger partial charge on any atom is 0.414 e. The highest BCUT2D eigenvalue weighted by molar-refractivity contribution is 6.27. The van der Waals surface area contributed by atoms with Crippen LogP contribution in [0.15, 0.2) is 36.4 Å². The fourth-order valence-electron chi connectivity index (χ4n) is 3.54. The van der Waals surface area contributed by atoms with Crippen molar-refractivity contribution in [3.05, 3.63) is 53.1 Å². The van der Waals surface area contributed by atoms with E-state index in [0.717, 1.165) is 39.3 Å². The Labute approximate surface area is 194 Å². The van der Waals surface area contributed by atoms with Gasteiger partial charge < -0.3 is 24.4 Å². The molecule has 0 atom stereocenters. The lowest BCUT2D eigenvalue weighted by Crippen LogP contribution is -2.45. The van der Waals surface area contributed by atoms with Crippen LogP contribution in [-0.2, 0) is 22.7 Å². The highest BCUT2D eigenvalue weighted by Crippen LogP contribution is 2.38. The van der Waals surface area contributed by atoms with Crippen LogP contribution in [0.4, 0.5) is 0 Å². The molecule has 0 amide bonds. The van der Waals surface area contributed by atoms with Gasteiger partial charge in [0, 0.05) is 39.3 Å².